The predicted molar refractivity (Wildman–Crippen MR) is 145 cm³/mol. The Morgan fingerprint density at radius 3 is 2.54 bits per heavy atom. The van der Waals surface area contributed by atoms with Gasteiger partial charge in [-0.3, -0.25) is 9.36 Å². The fourth-order valence-corrected chi connectivity index (χ4v) is 6.14. The van der Waals surface area contributed by atoms with Crippen LogP contribution in [0.25, 0.3) is 11.8 Å². The van der Waals surface area contributed by atoms with Crippen LogP contribution in [0, 0.1) is 0 Å². The van der Waals surface area contributed by atoms with Crippen LogP contribution in [0.2, 0.25) is 0 Å². The highest BCUT2D eigenvalue weighted by atomic mass is 32.1. The normalized spacial score (nSPS) is 15.2. The maximum atomic E-state index is 13.9. The Balaban J connectivity index is 1.81. The lowest BCUT2D eigenvalue weighted by Crippen LogP contribution is -2.39. The van der Waals surface area contributed by atoms with Gasteiger partial charge in [0.25, 0.3) is 5.56 Å². The van der Waals surface area contributed by atoms with Crippen molar-refractivity contribution in [3.8, 4) is 11.5 Å². The molecule has 0 aliphatic carbocycles. The Morgan fingerprint density at radius 2 is 1.86 bits per heavy atom. The van der Waals surface area contributed by atoms with Crippen LogP contribution in [0.1, 0.15) is 29.0 Å². The largest absolute Gasteiger partial charge is 0.493 e. The molecule has 0 radical (unpaired) electrons. The lowest BCUT2D eigenvalue weighted by molar-refractivity contribution is -0.138. The summed E-state index contributed by atoms with van der Waals surface area (Å²) in [4.78, 5) is 33.5. The van der Waals surface area contributed by atoms with Gasteiger partial charge < -0.3 is 14.2 Å². The zero-order valence-electron chi connectivity index (χ0n) is 20.5. The number of carbonyl (C=O) groups is 1. The van der Waals surface area contributed by atoms with Gasteiger partial charge in [0.15, 0.2) is 16.3 Å². The van der Waals surface area contributed by atoms with Gasteiger partial charge in [0.05, 0.1) is 36.6 Å². The van der Waals surface area contributed by atoms with Crippen molar-refractivity contribution < 1.29 is 19.0 Å². The fraction of sp³-hybridized carbons (Fsp3) is 0.179. The summed E-state index contributed by atoms with van der Waals surface area (Å²) in [6.45, 7) is 1.97. The van der Waals surface area contributed by atoms with E-state index in [4.69, 9.17) is 19.2 Å². The van der Waals surface area contributed by atoms with Gasteiger partial charge in [0.1, 0.15) is 6.04 Å². The number of aromatic nitrogens is 1. The topological polar surface area (TPSA) is 79.1 Å². The zero-order chi connectivity index (χ0) is 25.9. The van der Waals surface area contributed by atoms with Gasteiger partial charge in [-0.15, -0.1) is 11.3 Å². The van der Waals surface area contributed by atoms with Crippen molar-refractivity contribution in [2.24, 2.45) is 4.99 Å². The first-order valence-electron chi connectivity index (χ1n) is 11.6. The smallest absolute Gasteiger partial charge is 0.338 e. The van der Waals surface area contributed by atoms with Crippen molar-refractivity contribution in [2.75, 3.05) is 20.8 Å². The van der Waals surface area contributed by atoms with E-state index in [1.807, 2.05) is 60.0 Å². The van der Waals surface area contributed by atoms with E-state index in [1.54, 1.807) is 37.9 Å². The molecule has 1 aliphatic rings. The zero-order valence-corrected chi connectivity index (χ0v) is 22.1. The minimum absolute atomic E-state index is 0.210. The second-order valence-electron chi connectivity index (χ2n) is 8.03. The van der Waals surface area contributed by atoms with E-state index in [-0.39, 0.29) is 12.2 Å². The first-order chi connectivity index (χ1) is 18.1. The molecule has 0 spiro atoms. The molecular weight excluding hydrogens is 508 g/mol. The molecule has 3 heterocycles. The average molecular weight is 533 g/mol. The van der Waals surface area contributed by atoms with Crippen molar-refractivity contribution in [1.29, 1.82) is 0 Å². The molecule has 4 aromatic rings. The number of methoxy groups -OCH3 is 2. The molecule has 1 atom stereocenters. The monoisotopic (exact) mass is 532 g/mol. The number of esters is 1. The molecule has 37 heavy (non-hydrogen) atoms. The number of hydrogen-bond acceptors (Lipinski definition) is 8. The third-order valence-electron chi connectivity index (χ3n) is 5.91. The van der Waals surface area contributed by atoms with Gasteiger partial charge in [-0.05, 0) is 30.5 Å². The van der Waals surface area contributed by atoms with Crippen molar-refractivity contribution in [1.82, 2.24) is 4.57 Å². The van der Waals surface area contributed by atoms with Crippen LogP contribution in [-0.4, -0.2) is 31.4 Å². The molecule has 0 fully saturated rings. The first-order valence-corrected chi connectivity index (χ1v) is 13.3. The summed E-state index contributed by atoms with van der Waals surface area (Å²) in [6.07, 6.45) is 1.77. The quantitative estimate of drug-likeness (QED) is 0.336. The van der Waals surface area contributed by atoms with Gasteiger partial charge in [-0.2, -0.15) is 0 Å². The van der Waals surface area contributed by atoms with Crippen molar-refractivity contribution in [3.63, 3.8) is 0 Å². The second kappa shape index (κ2) is 10.6. The van der Waals surface area contributed by atoms with E-state index < -0.39 is 12.0 Å². The SMILES string of the molecule is CCOC(=O)C1=C(c2ccccc2)N=c2s/c(=C\c3cccc(OC)c3OC)c(=O)n2C1c1cccs1. The molecule has 0 saturated carbocycles. The summed E-state index contributed by atoms with van der Waals surface area (Å²) >= 11 is 2.74. The summed E-state index contributed by atoms with van der Waals surface area (Å²) in [5.74, 6) is 0.603. The molecule has 0 saturated heterocycles. The maximum absolute atomic E-state index is 13.9. The number of thiazole rings is 1. The van der Waals surface area contributed by atoms with Crippen LogP contribution in [0.15, 0.2) is 81.4 Å². The first kappa shape index (κ1) is 24.7. The third-order valence-corrected chi connectivity index (χ3v) is 7.81. The maximum Gasteiger partial charge on any atom is 0.338 e. The average Bonchev–Trinajstić information content (AvgIpc) is 3.56. The summed E-state index contributed by atoms with van der Waals surface area (Å²) in [6, 6.07) is 18.2. The van der Waals surface area contributed by atoms with E-state index in [0.717, 1.165) is 10.4 Å². The van der Waals surface area contributed by atoms with Crippen LogP contribution in [0.5, 0.6) is 11.5 Å². The number of ether oxygens (including phenoxy) is 3. The predicted octanol–water partition coefficient (Wildman–Crippen LogP) is 4.01. The van der Waals surface area contributed by atoms with E-state index in [2.05, 4.69) is 0 Å². The molecule has 2 aromatic heterocycles. The number of nitrogens with zero attached hydrogens (tertiary/aromatic N) is 2. The number of carbonyl (C=O) groups excluding carboxylic acids is 1. The molecule has 0 N–H and O–H groups in total. The molecule has 1 unspecified atom stereocenters. The Morgan fingerprint density at radius 1 is 1.05 bits per heavy atom. The second-order valence-corrected chi connectivity index (χ2v) is 10.0. The van der Waals surface area contributed by atoms with E-state index in [0.29, 0.717) is 37.7 Å². The number of rotatable bonds is 7. The highest BCUT2D eigenvalue weighted by Crippen LogP contribution is 2.37. The molecule has 5 rings (SSSR count). The molecule has 2 aromatic carbocycles. The minimum Gasteiger partial charge on any atom is -0.493 e. The van der Waals surface area contributed by atoms with Crippen LogP contribution >= 0.6 is 22.7 Å². The minimum atomic E-state index is -0.667. The van der Waals surface area contributed by atoms with Gasteiger partial charge in [-0.25, -0.2) is 9.79 Å². The molecule has 188 valence electrons. The standard InChI is InChI=1S/C28H24N2O5S2/c1-4-35-27(32)22-23(17-10-6-5-7-11-17)29-28-30(24(22)20-14-9-15-36-20)26(31)21(37-28)16-18-12-8-13-19(33-2)25(18)34-3/h5-16,24H,4H2,1-3H3/b21-16-. The van der Waals surface area contributed by atoms with Crippen LogP contribution in [-0.2, 0) is 9.53 Å². The van der Waals surface area contributed by atoms with Gasteiger partial charge in [-0.1, -0.05) is 59.9 Å². The third kappa shape index (κ3) is 4.52. The van der Waals surface area contributed by atoms with Gasteiger partial charge in [0.2, 0.25) is 0 Å². The summed E-state index contributed by atoms with van der Waals surface area (Å²) < 4.78 is 18.5. The lowest BCUT2D eigenvalue weighted by Gasteiger charge is -2.24. The summed E-state index contributed by atoms with van der Waals surface area (Å²) in [5, 5.41) is 1.93. The molecule has 0 bridgehead atoms. The lowest BCUT2D eigenvalue weighted by atomic mass is 9.97. The molecule has 0 amide bonds. The Labute approximate surface area is 221 Å². The van der Waals surface area contributed by atoms with Gasteiger partial charge >= 0.3 is 5.97 Å². The summed E-state index contributed by atoms with van der Waals surface area (Å²) in [7, 11) is 3.13. The van der Waals surface area contributed by atoms with Gasteiger partial charge in [0, 0.05) is 16.0 Å². The number of hydrogen-bond donors (Lipinski definition) is 0. The van der Waals surface area contributed by atoms with Crippen molar-refractivity contribution in [3.05, 3.63) is 107 Å². The highest BCUT2D eigenvalue weighted by Gasteiger charge is 2.35. The highest BCUT2D eigenvalue weighted by molar-refractivity contribution is 7.10. The van der Waals surface area contributed by atoms with E-state index in [1.165, 1.54) is 22.7 Å². The Kier molecular flexibility index (Phi) is 7.07. The van der Waals surface area contributed by atoms with Crippen LogP contribution in [0.3, 0.4) is 0 Å². The molecule has 7 nitrogen and oxygen atoms in total. The number of fused-ring (bicyclic) bond motifs is 1. The molecular formula is C28H24N2O5S2. The number of thiophene rings is 1. The summed E-state index contributed by atoms with van der Waals surface area (Å²) in [5.41, 5.74) is 2.07. The number of para-hydroxylation sites is 1. The van der Waals surface area contributed by atoms with Crippen LogP contribution < -0.4 is 24.4 Å². The van der Waals surface area contributed by atoms with Crippen LogP contribution in [0.4, 0.5) is 0 Å². The Hall–Kier alpha value is -3.95. The van der Waals surface area contributed by atoms with E-state index in [9.17, 15) is 9.59 Å². The fourth-order valence-electron chi connectivity index (χ4n) is 4.32. The van der Waals surface area contributed by atoms with E-state index >= 15 is 0 Å². The van der Waals surface area contributed by atoms with Crippen molar-refractivity contribution in [2.45, 2.75) is 13.0 Å². The Bertz CT molecular complexity index is 1650. The molecule has 1 aliphatic heterocycles. The number of benzene rings is 2. The van der Waals surface area contributed by atoms with Crippen molar-refractivity contribution >= 4 is 40.4 Å². The molecule has 9 heteroatoms.